The second kappa shape index (κ2) is 8.81. The van der Waals surface area contributed by atoms with Gasteiger partial charge in [0.25, 0.3) is 5.78 Å². The predicted octanol–water partition coefficient (Wildman–Crippen LogP) is 2.20. The van der Waals surface area contributed by atoms with Crippen molar-refractivity contribution in [3.63, 3.8) is 0 Å². The Morgan fingerprint density at radius 2 is 1.76 bits per heavy atom. The third-order valence-electron chi connectivity index (χ3n) is 2.89. The number of aliphatic carboxylic acids is 1. The first-order valence-corrected chi connectivity index (χ1v) is 7.73. The maximum atomic E-state index is 11.9. The number of carbonyl (C=O) groups excluding carboxylic acids is 3. The first-order valence-electron chi connectivity index (χ1n) is 7.73. The molecule has 2 amide bonds. The van der Waals surface area contributed by atoms with E-state index >= 15 is 0 Å². The number of ether oxygens (including phenoxy) is 1. The molecule has 0 atom stereocenters. The quantitative estimate of drug-likeness (QED) is 0.394. The summed E-state index contributed by atoms with van der Waals surface area (Å²) >= 11 is 0. The SMILES string of the molecule is CC(C)(C)OC(=O)NCCCC(=O)Nc1ccccc1C(=O)C(=O)O. The summed E-state index contributed by atoms with van der Waals surface area (Å²) in [6.45, 7) is 5.49. The highest BCUT2D eigenvalue weighted by Crippen LogP contribution is 2.16. The first-order chi connectivity index (χ1) is 11.6. The van der Waals surface area contributed by atoms with Crippen LogP contribution in [0.1, 0.15) is 44.0 Å². The van der Waals surface area contributed by atoms with Gasteiger partial charge in [-0.05, 0) is 39.3 Å². The molecule has 0 aromatic heterocycles. The van der Waals surface area contributed by atoms with Gasteiger partial charge in [0, 0.05) is 13.0 Å². The van der Waals surface area contributed by atoms with Crippen molar-refractivity contribution < 1.29 is 29.0 Å². The van der Waals surface area contributed by atoms with Crippen LogP contribution in [0.25, 0.3) is 0 Å². The Hall–Kier alpha value is -2.90. The summed E-state index contributed by atoms with van der Waals surface area (Å²) in [4.78, 5) is 45.7. The third-order valence-corrected chi connectivity index (χ3v) is 2.89. The number of alkyl carbamates (subject to hydrolysis) is 1. The maximum absolute atomic E-state index is 11.9. The molecule has 136 valence electrons. The van der Waals surface area contributed by atoms with E-state index in [-0.39, 0.29) is 24.2 Å². The molecule has 1 rings (SSSR count). The molecule has 3 N–H and O–H groups in total. The Kier molecular flexibility index (Phi) is 7.10. The van der Waals surface area contributed by atoms with Crippen LogP contribution < -0.4 is 10.6 Å². The van der Waals surface area contributed by atoms with Crippen molar-refractivity contribution in [2.75, 3.05) is 11.9 Å². The minimum absolute atomic E-state index is 0.0878. The van der Waals surface area contributed by atoms with Crippen molar-refractivity contribution in [3.8, 4) is 0 Å². The van der Waals surface area contributed by atoms with Crippen LogP contribution in [0.15, 0.2) is 24.3 Å². The molecule has 25 heavy (non-hydrogen) atoms. The summed E-state index contributed by atoms with van der Waals surface area (Å²) < 4.78 is 5.06. The number of ketones is 1. The Morgan fingerprint density at radius 1 is 1.12 bits per heavy atom. The van der Waals surface area contributed by atoms with Crippen LogP contribution >= 0.6 is 0 Å². The molecule has 0 radical (unpaired) electrons. The number of hydrogen-bond donors (Lipinski definition) is 3. The van der Waals surface area contributed by atoms with E-state index in [2.05, 4.69) is 10.6 Å². The van der Waals surface area contributed by atoms with Crippen molar-refractivity contribution in [2.24, 2.45) is 0 Å². The maximum Gasteiger partial charge on any atom is 0.407 e. The van der Waals surface area contributed by atoms with Gasteiger partial charge >= 0.3 is 12.1 Å². The van der Waals surface area contributed by atoms with Crippen molar-refractivity contribution in [2.45, 2.75) is 39.2 Å². The van der Waals surface area contributed by atoms with Gasteiger partial charge in [-0.15, -0.1) is 0 Å². The lowest BCUT2D eigenvalue weighted by Gasteiger charge is -2.19. The molecule has 0 unspecified atom stereocenters. The Balaban J connectivity index is 2.47. The van der Waals surface area contributed by atoms with Crippen LogP contribution in [0.5, 0.6) is 0 Å². The van der Waals surface area contributed by atoms with E-state index in [1.807, 2.05) is 0 Å². The lowest BCUT2D eigenvalue weighted by atomic mass is 10.1. The van der Waals surface area contributed by atoms with E-state index in [4.69, 9.17) is 9.84 Å². The summed E-state index contributed by atoms with van der Waals surface area (Å²) in [5.74, 6) is -3.08. The minimum Gasteiger partial charge on any atom is -0.475 e. The fraction of sp³-hybridized carbons (Fsp3) is 0.412. The Labute approximate surface area is 145 Å². The van der Waals surface area contributed by atoms with Crippen LogP contribution in [0.3, 0.4) is 0 Å². The zero-order valence-corrected chi connectivity index (χ0v) is 14.4. The number of anilines is 1. The largest absolute Gasteiger partial charge is 0.475 e. The van der Waals surface area contributed by atoms with E-state index < -0.39 is 29.4 Å². The molecule has 1 aromatic carbocycles. The molecule has 0 saturated carbocycles. The smallest absolute Gasteiger partial charge is 0.407 e. The summed E-state index contributed by atoms with van der Waals surface area (Å²) in [7, 11) is 0. The van der Waals surface area contributed by atoms with Gasteiger partial charge in [-0.25, -0.2) is 9.59 Å². The fourth-order valence-electron chi connectivity index (χ4n) is 1.87. The number of carbonyl (C=O) groups is 4. The molecule has 0 aliphatic carbocycles. The Bertz CT molecular complexity index is 663. The molecule has 0 aliphatic heterocycles. The number of carboxylic acid groups (broad SMARTS) is 1. The number of nitrogens with one attached hydrogen (secondary N) is 2. The monoisotopic (exact) mass is 350 g/mol. The number of para-hydroxylation sites is 1. The van der Waals surface area contributed by atoms with Gasteiger partial charge in [0.15, 0.2) is 0 Å². The molecular weight excluding hydrogens is 328 g/mol. The van der Waals surface area contributed by atoms with E-state index in [9.17, 15) is 19.2 Å². The van der Waals surface area contributed by atoms with Crippen molar-refractivity contribution in [1.29, 1.82) is 0 Å². The summed E-state index contributed by atoms with van der Waals surface area (Å²) in [6.07, 6.45) is -0.115. The molecule has 8 heteroatoms. The molecule has 1 aromatic rings. The van der Waals surface area contributed by atoms with E-state index in [0.717, 1.165) is 0 Å². The third kappa shape index (κ3) is 7.47. The van der Waals surface area contributed by atoms with Crippen LogP contribution in [0, 0.1) is 0 Å². The van der Waals surface area contributed by atoms with Gasteiger partial charge < -0.3 is 20.5 Å². The molecule has 8 nitrogen and oxygen atoms in total. The van der Waals surface area contributed by atoms with Gasteiger partial charge in [0.2, 0.25) is 5.91 Å². The van der Waals surface area contributed by atoms with Gasteiger partial charge in [-0.2, -0.15) is 0 Å². The van der Waals surface area contributed by atoms with Gasteiger partial charge in [0.1, 0.15) is 5.60 Å². The first kappa shape index (κ1) is 20.1. The average Bonchev–Trinajstić information content (AvgIpc) is 2.49. The molecular formula is C17H22N2O6. The zero-order chi connectivity index (χ0) is 19.0. The van der Waals surface area contributed by atoms with Crippen LogP contribution in [-0.2, 0) is 14.3 Å². The molecule has 0 spiro atoms. The van der Waals surface area contributed by atoms with Crippen molar-refractivity contribution in [1.82, 2.24) is 5.32 Å². The second-order valence-electron chi connectivity index (χ2n) is 6.26. The van der Waals surface area contributed by atoms with Gasteiger partial charge in [0.05, 0.1) is 11.3 Å². The van der Waals surface area contributed by atoms with Crippen molar-refractivity contribution in [3.05, 3.63) is 29.8 Å². The summed E-state index contributed by atoms with van der Waals surface area (Å²) in [6, 6.07) is 5.87. The molecule has 0 aliphatic rings. The highest BCUT2D eigenvalue weighted by atomic mass is 16.6. The summed E-state index contributed by atoms with van der Waals surface area (Å²) in [5, 5.41) is 13.8. The van der Waals surface area contributed by atoms with E-state index in [0.29, 0.717) is 6.42 Å². The lowest BCUT2D eigenvalue weighted by Crippen LogP contribution is -2.33. The number of amides is 2. The number of rotatable bonds is 7. The Morgan fingerprint density at radius 3 is 2.36 bits per heavy atom. The summed E-state index contributed by atoms with van der Waals surface area (Å²) in [5.41, 5.74) is -0.544. The molecule has 0 heterocycles. The molecule has 0 fully saturated rings. The second-order valence-corrected chi connectivity index (χ2v) is 6.26. The highest BCUT2D eigenvalue weighted by Gasteiger charge is 2.19. The fourth-order valence-corrected chi connectivity index (χ4v) is 1.87. The normalized spacial score (nSPS) is 10.7. The zero-order valence-electron chi connectivity index (χ0n) is 14.4. The number of hydrogen-bond acceptors (Lipinski definition) is 5. The minimum atomic E-state index is -1.59. The van der Waals surface area contributed by atoms with Gasteiger partial charge in [-0.3, -0.25) is 9.59 Å². The average molecular weight is 350 g/mol. The lowest BCUT2D eigenvalue weighted by molar-refractivity contribution is -0.131. The highest BCUT2D eigenvalue weighted by molar-refractivity contribution is 6.41. The van der Waals surface area contributed by atoms with E-state index in [1.54, 1.807) is 26.8 Å². The topological polar surface area (TPSA) is 122 Å². The van der Waals surface area contributed by atoms with Gasteiger partial charge in [-0.1, -0.05) is 12.1 Å². The van der Waals surface area contributed by atoms with Crippen molar-refractivity contribution >= 4 is 29.4 Å². The van der Waals surface area contributed by atoms with E-state index in [1.165, 1.54) is 18.2 Å². The standard InChI is InChI=1S/C17H22N2O6/c1-17(2,3)25-16(24)18-10-6-9-13(20)19-12-8-5-4-7-11(12)14(21)15(22)23/h4-5,7-8H,6,9-10H2,1-3H3,(H,18,24)(H,19,20)(H,22,23). The van der Waals surface area contributed by atoms with Crippen LogP contribution in [-0.4, -0.2) is 41.0 Å². The van der Waals surface area contributed by atoms with Crippen LogP contribution in [0.2, 0.25) is 0 Å². The number of carboxylic acids is 1. The molecule has 0 bridgehead atoms. The molecule has 0 saturated heterocycles. The van der Waals surface area contributed by atoms with Crippen LogP contribution in [0.4, 0.5) is 10.5 Å². The number of Topliss-reactive ketones (excluding diaryl/α,β-unsaturated/α-hetero) is 1. The predicted molar refractivity (Wildman–Crippen MR) is 90.5 cm³/mol. The number of benzene rings is 1.